The Labute approximate surface area is 134 Å². The van der Waals surface area contributed by atoms with Crippen LogP contribution in [0.4, 0.5) is 5.69 Å². The monoisotopic (exact) mass is 313 g/mol. The van der Waals surface area contributed by atoms with Gasteiger partial charge >= 0.3 is 0 Å². The number of benzene rings is 1. The summed E-state index contributed by atoms with van der Waals surface area (Å²) < 4.78 is 0. The Morgan fingerprint density at radius 1 is 1.32 bits per heavy atom. The van der Waals surface area contributed by atoms with Crippen molar-refractivity contribution in [1.82, 2.24) is 5.32 Å². The van der Waals surface area contributed by atoms with Crippen molar-refractivity contribution in [1.29, 1.82) is 5.26 Å². The number of nitriles is 1. The third kappa shape index (κ3) is 4.90. The maximum atomic E-state index is 12.0. The molecule has 1 heterocycles. The van der Waals surface area contributed by atoms with Crippen molar-refractivity contribution in [2.75, 3.05) is 11.9 Å². The highest BCUT2D eigenvalue weighted by atomic mass is 32.1. The molecule has 0 aliphatic heterocycles. The molecule has 114 valence electrons. The fourth-order valence-corrected chi connectivity index (χ4v) is 2.75. The van der Waals surface area contributed by atoms with E-state index >= 15 is 0 Å². The van der Waals surface area contributed by atoms with Crippen LogP contribution in [0.5, 0.6) is 0 Å². The average Bonchev–Trinajstić information content (AvgIpc) is 3.02. The van der Waals surface area contributed by atoms with Gasteiger partial charge in [0.25, 0.3) is 0 Å². The van der Waals surface area contributed by atoms with E-state index in [1.807, 2.05) is 42.6 Å². The molecule has 22 heavy (non-hydrogen) atoms. The van der Waals surface area contributed by atoms with E-state index in [4.69, 9.17) is 5.26 Å². The zero-order valence-corrected chi connectivity index (χ0v) is 13.3. The first kappa shape index (κ1) is 16.1. The van der Waals surface area contributed by atoms with Gasteiger partial charge < -0.3 is 10.6 Å². The van der Waals surface area contributed by atoms with Crippen molar-refractivity contribution in [2.24, 2.45) is 0 Å². The normalized spacial score (nSPS) is 11.5. The molecule has 0 aliphatic carbocycles. The predicted octanol–water partition coefficient (Wildman–Crippen LogP) is 2.97. The van der Waals surface area contributed by atoms with Crippen LogP contribution >= 0.6 is 11.3 Å². The number of rotatable bonds is 7. The van der Waals surface area contributed by atoms with Crippen LogP contribution in [0.3, 0.4) is 0 Å². The fourth-order valence-electron chi connectivity index (χ4n) is 2.04. The Kier molecular flexibility index (Phi) is 5.99. The lowest BCUT2D eigenvalue weighted by atomic mass is 10.1. The molecule has 0 saturated heterocycles. The second kappa shape index (κ2) is 8.20. The smallest absolute Gasteiger partial charge is 0.242 e. The van der Waals surface area contributed by atoms with E-state index in [-0.39, 0.29) is 11.9 Å². The largest absolute Gasteiger partial charge is 0.374 e. The summed E-state index contributed by atoms with van der Waals surface area (Å²) in [4.78, 5) is 13.3. The molecule has 5 heteroatoms. The van der Waals surface area contributed by atoms with Gasteiger partial charge in [-0.15, -0.1) is 11.3 Å². The molecule has 2 rings (SSSR count). The maximum Gasteiger partial charge on any atom is 0.242 e. The molecule has 1 aromatic heterocycles. The minimum Gasteiger partial charge on any atom is -0.374 e. The summed E-state index contributed by atoms with van der Waals surface area (Å²) in [6.07, 6.45) is 1.26. The Balaban J connectivity index is 1.76. The lowest BCUT2D eigenvalue weighted by Crippen LogP contribution is -2.38. The summed E-state index contributed by atoms with van der Waals surface area (Å²) in [6, 6.07) is 13.5. The number of amides is 1. The van der Waals surface area contributed by atoms with Crippen LogP contribution in [0.2, 0.25) is 0 Å². The van der Waals surface area contributed by atoms with Gasteiger partial charge in [0.15, 0.2) is 0 Å². The highest BCUT2D eigenvalue weighted by Gasteiger charge is 2.11. The summed E-state index contributed by atoms with van der Waals surface area (Å²) in [5.41, 5.74) is 1.85. The van der Waals surface area contributed by atoms with Crippen molar-refractivity contribution >= 4 is 22.9 Å². The molecule has 1 atom stereocenters. The van der Waals surface area contributed by atoms with Gasteiger partial charge in [-0.2, -0.15) is 5.26 Å². The minimum absolute atomic E-state index is 0.0161. The first-order valence-corrected chi connectivity index (χ1v) is 8.09. The highest BCUT2D eigenvalue weighted by Crippen LogP contribution is 2.11. The lowest BCUT2D eigenvalue weighted by molar-refractivity contribution is -0.121. The molecular formula is C17H19N3OS. The molecule has 2 N–H and O–H groups in total. The number of nitrogens with zero attached hydrogens (tertiary/aromatic N) is 1. The zero-order chi connectivity index (χ0) is 15.8. The van der Waals surface area contributed by atoms with Crippen molar-refractivity contribution in [3.63, 3.8) is 0 Å². The van der Waals surface area contributed by atoms with E-state index < -0.39 is 0 Å². The minimum atomic E-state index is -0.301. The predicted molar refractivity (Wildman–Crippen MR) is 89.9 cm³/mol. The van der Waals surface area contributed by atoms with Crippen molar-refractivity contribution in [3.8, 4) is 6.07 Å². The second-order valence-corrected chi connectivity index (χ2v) is 6.05. The summed E-state index contributed by atoms with van der Waals surface area (Å²) in [6.45, 7) is 2.48. The van der Waals surface area contributed by atoms with Crippen LogP contribution in [-0.2, 0) is 17.6 Å². The summed E-state index contributed by atoms with van der Waals surface area (Å²) in [5, 5.41) is 16.8. The van der Waals surface area contributed by atoms with E-state index in [0.29, 0.717) is 13.0 Å². The molecule has 0 spiro atoms. The summed E-state index contributed by atoms with van der Waals surface area (Å²) >= 11 is 1.70. The summed E-state index contributed by atoms with van der Waals surface area (Å²) in [5.74, 6) is -0.0161. The van der Waals surface area contributed by atoms with Gasteiger partial charge in [0, 0.05) is 17.1 Å². The van der Waals surface area contributed by atoms with Crippen molar-refractivity contribution < 1.29 is 4.79 Å². The van der Waals surface area contributed by atoms with E-state index in [1.54, 1.807) is 11.3 Å². The molecule has 0 saturated carbocycles. The Hall–Kier alpha value is -2.32. The number of hydrogen-bond donors (Lipinski definition) is 2. The fraction of sp³-hybridized carbons (Fsp3) is 0.294. The van der Waals surface area contributed by atoms with Crippen molar-refractivity contribution in [2.45, 2.75) is 25.8 Å². The first-order chi connectivity index (χ1) is 10.7. The Bertz CT molecular complexity index is 629. The number of nitrogens with one attached hydrogen (secondary N) is 2. The quantitative estimate of drug-likeness (QED) is 0.826. The zero-order valence-electron chi connectivity index (χ0n) is 12.5. The number of carbonyl (C=O) groups is 1. The van der Waals surface area contributed by atoms with Gasteiger partial charge in [-0.1, -0.05) is 18.2 Å². The van der Waals surface area contributed by atoms with Crippen LogP contribution in [0.1, 0.15) is 17.4 Å². The molecule has 0 bridgehead atoms. The molecule has 0 radical (unpaired) electrons. The topological polar surface area (TPSA) is 64.9 Å². The lowest BCUT2D eigenvalue weighted by Gasteiger charge is -2.15. The van der Waals surface area contributed by atoms with Gasteiger partial charge in [-0.05, 0) is 42.5 Å². The van der Waals surface area contributed by atoms with Gasteiger partial charge in [-0.3, -0.25) is 4.79 Å². The Morgan fingerprint density at radius 2 is 2.09 bits per heavy atom. The van der Waals surface area contributed by atoms with Crippen LogP contribution in [0, 0.1) is 11.3 Å². The molecular weight excluding hydrogens is 294 g/mol. The van der Waals surface area contributed by atoms with Crippen molar-refractivity contribution in [3.05, 3.63) is 52.2 Å². The first-order valence-electron chi connectivity index (χ1n) is 7.21. The molecule has 1 amide bonds. The highest BCUT2D eigenvalue weighted by molar-refractivity contribution is 7.09. The van der Waals surface area contributed by atoms with Gasteiger partial charge in [0.1, 0.15) is 6.04 Å². The van der Waals surface area contributed by atoms with Crippen LogP contribution < -0.4 is 10.6 Å². The molecule has 1 aromatic carbocycles. The third-order valence-electron chi connectivity index (χ3n) is 3.26. The molecule has 1 unspecified atom stereocenters. The number of anilines is 1. The van der Waals surface area contributed by atoms with Crippen LogP contribution in [-0.4, -0.2) is 18.5 Å². The van der Waals surface area contributed by atoms with E-state index in [1.165, 1.54) is 4.88 Å². The average molecular weight is 313 g/mol. The molecule has 2 aromatic rings. The van der Waals surface area contributed by atoms with Gasteiger partial charge in [0.2, 0.25) is 5.91 Å². The SMILES string of the molecule is CC(Nc1ccc(CC#N)cc1)C(=O)NCCc1cccs1. The molecule has 0 aliphatic rings. The molecule has 4 nitrogen and oxygen atoms in total. The number of hydrogen-bond acceptors (Lipinski definition) is 4. The number of thiophene rings is 1. The van der Waals surface area contributed by atoms with Gasteiger partial charge in [0.05, 0.1) is 12.5 Å². The van der Waals surface area contributed by atoms with E-state index in [0.717, 1.165) is 17.7 Å². The third-order valence-corrected chi connectivity index (χ3v) is 4.20. The molecule has 0 fully saturated rings. The second-order valence-electron chi connectivity index (χ2n) is 5.02. The van der Waals surface area contributed by atoms with E-state index in [2.05, 4.69) is 22.8 Å². The van der Waals surface area contributed by atoms with Crippen LogP contribution in [0.25, 0.3) is 0 Å². The standard InChI is InChI=1S/C17H19N3OS/c1-13(17(21)19-11-9-16-3-2-12-22-16)20-15-6-4-14(5-7-15)8-10-18/h2-7,12-13,20H,8-9,11H2,1H3,(H,19,21). The van der Waals surface area contributed by atoms with E-state index in [9.17, 15) is 4.79 Å². The van der Waals surface area contributed by atoms with Crippen LogP contribution in [0.15, 0.2) is 41.8 Å². The van der Waals surface area contributed by atoms with Gasteiger partial charge in [-0.25, -0.2) is 0 Å². The maximum absolute atomic E-state index is 12.0. The number of carbonyl (C=O) groups excluding carboxylic acids is 1. The summed E-state index contributed by atoms with van der Waals surface area (Å²) in [7, 11) is 0. The Morgan fingerprint density at radius 3 is 2.73 bits per heavy atom.